The number of nitrogen functional groups attached to an aromatic ring is 1. The first-order valence-electron chi connectivity index (χ1n) is 9.38. The van der Waals surface area contributed by atoms with Crippen LogP contribution in [0.4, 0.5) is 17.6 Å². The third-order valence-corrected chi connectivity index (χ3v) is 4.52. The summed E-state index contributed by atoms with van der Waals surface area (Å²) in [6.45, 7) is 4.22. The minimum atomic E-state index is -0.136. The van der Waals surface area contributed by atoms with Gasteiger partial charge < -0.3 is 20.5 Å². The van der Waals surface area contributed by atoms with Crippen LogP contribution in [0.2, 0.25) is 0 Å². The number of hydrogen-bond donors (Lipinski definition) is 2. The van der Waals surface area contributed by atoms with Gasteiger partial charge in [0.05, 0.1) is 26.2 Å². The average Bonchev–Trinajstić information content (AvgIpc) is 2.68. The maximum absolute atomic E-state index is 12.0. The summed E-state index contributed by atoms with van der Waals surface area (Å²) in [6.07, 6.45) is 1.77. The molecule has 0 saturated carbocycles. The number of nitrogens with zero attached hydrogens (tertiary/aromatic N) is 4. The Morgan fingerprint density at radius 1 is 1.36 bits per heavy atom. The second-order valence-corrected chi connectivity index (χ2v) is 6.62. The molecular weight excluding hydrogens is 360 g/mol. The van der Waals surface area contributed by atoms with E-state index in [0.29, 0.717) is 31.5 Å². The average molecular weight is 386 g/mol. The number of anilines is 3. The molecule has 3 N–H and O–H groups in total. The summed E-state index contributed by atoms with van der Waals surface area (Å²) in [5, 5.41) is 3.13. The molecule has 150 valence electrons. The Labute approximate surface area is 164 Å². The van der Waals surface area contributed by atoms with Crippen molar-refractivity contribution in [2.24, 2.45) is 5.92 Å². The van der Waals surface area contributed by atoms with E-state index in [1.165, 1.54) is 0 Å². The third-order valence-electron chi connectivity index (χ3n) is 4.52. The van der Waals surface area contributed by atoms with E-state index < -0.39 is 0 Å². The van der Waals surface area contributed by atoms with Crippen LogP contribution in [0.15, 0.2) is 24.3 Å². The molecule has 1 aliphatic heterocycles. The Bertz CT molecular complexity index is 816. The van der Waals surface area contributed by atoms with E-state index in [1.54, 1.807) is 7.11 Å². The van der Waals surface area contributed by atoms with Crippen molar-refractivity contribution in [3.8, 4) is 5.75 Å². The Morgan fingerprint density at radius 3 is 3.00 bits per heavy atom. The summed E-state index contributed by atoms with van der Waals surface area (Å²) in [6, 6.07) is 7.45. The number of benzene rings is 1. The summed E-state index contributed by atoms with van der Waals surface area (Å²) in [5.74, 6) is 1.56. The van der Waals surface area contributed by atoms with E-state index >= 15 is 0 Å². The van der Waals surface area contributed by atoms with Gasteiger partial charge in [0.25, 0.3) is 0 Å². The van der Waals surface area contributed by atoms with Crippen LogP contribution in [0.5, 0.6) is 5.75 Å². The maximum Gasteiger partial charge on any atom is 0.310 e. The number of esters is 1. The van der Waals surface area contributed by atoms with Crippen LogP contribution < -0.4 is 15.8 Å². The quantitative estimate of drug-likeness (QED) is 0.689. The topological polar surface area (TPSA) is 115 Å². The molecule has 3 rings (SSSR count). The number of nitrogens with two attached hydrogens (primary N) is 1. The fourth-order valence-electron chi connectivity index (χ4n) is 3.25. The van der Waals surface area contributed by atoms with Gasteiger partial charge in [-0.15, -0.1) is 0 Å². The monoisotopic (exact) mass is 386 g/mol. The minimum absolute atomic E-state index is 0.109. The summed E-state index contributed by atoms with van der Waals surface area (Å²) in [5.41, 5.74) is 6.66. The summed E-state index contributed by atoms with van der Waals surface area (Å²) < 4.78 is 10.4. The molecule has 1 aliphatic rings. The number of carbonyl (C=O) groups is 1. The molecule has 9 nitrogen and oxygen atoms in total. The Kier molecular flexibility index (Phi) is 6.59. The van der Waals surface area contributed by atoms with Crippen LogP contribution in [0, 0.1) is 5.92 Å². The van der Waals surface area contributed by atoms with E-state index in [-0.39, 0.29) is 17.8 Å². The van der Waals surface area contributed by atoms with Crippen LogP contribution in [0.25, 0.3) is 0 Å². The minimum Gasteiger partial charge on any atom is -0.497 e. The predicted molar refractivity (Wildman–Crippen MR) is 105 cm³/mol. The molecule has 1 aromatic carbocycles. The number of likely N-dealkylation sites (tertiary alicyclic amines) is 1. The van der Waals surface area contributed by atoms with Crippen LogP contribution in [-0.4, -0.2) is 52.6 Å². The van der Waals surface area contributed by atoms with Gasteiger partial charge in [-0.1, -0.05) is 6.07 Å². The highest BCUT2D eigenvalue weighted by molar-refractivity contribution is 5.72. The zero-order chi connectivity index (χ0) is 19.9. The highest BCUT2D eigenvalue weighted by Crippen LogP contribution is 2.21. The first-order valence-corrected chi connectivity index (χ1v) is 9.38. The molecule has 2 heterocycles. The zero-order valence-electron chi connectivity index (χ0n) is 16.2. The fraction of sp³-hybridized carbons (Fsp3) is 0.474. The number of piperidine rings is 1. The van der Waals surface area contributed by atoms with Crippen molar-refractivity contribution >= 4 is 23.6 Å². The van der Waals surface area contributed by atoms with Gasteiger partial charge in [-0.05, 0) is 38.4 Å². The molecule has 1 aromatic heterocycles. The van der Waals surface area contributed by atoms with Crippen molar-refractivity contribution in [3.05, 3.63) is 30.1 Å². The van der Waals surface area contributed by atoms with Crippen LogP contribution in [0.1, 0.15) is 25.6 Å². The second-order valence-electron chi connectivity index (χ2n) is 6.62. The van der Waals surface area contributed by atoms with Gasteiger partial charge in [-0.2, -0.15) is 15.0 Å². The first kappa shape index (κ1) is 19.8. The number of aromatic nitrogens is 3. The van der Waals surface area contributed by atoms with Crippen molar-refractivity contribution < 1.29 is 14.3 Å². The summed E-state index contributed by atoms with van der Waals surface area (Å²) in [7, 11) is 1.61. The van der Waals surface area contributed by atoms with Crippen molar-refractivity contribution in [2.45, 2.75) is 26.3 Å². The molecule has 1 fully saturated rings. The molecule has 0 amide bonds. The largest absolute Gasteiger partial charge is 0.497 e. The summed E-state index contributed by atoms with van der Waals surface area (Å²) >= 11 is 0. The smallest absolute Gasteiger partial charge is 0.310 e. The van der Waals surface area contributed by atoms with E-state index in [0.717, 1.165) is 30.8 Å². The number of nitrogens with one attached hydrogen (secondary N) is 1. The van der Waals surface area contributed by atoms with Gasteiger partial charge in [0, 0.05) is 18.3 Å². The number of rotatable bonds is 7. The lowest BCUT2D eigenvalue weighted by atomic mass is 9.98. The third kappa shape index (κ3) is 5.29. The molecule has 0 spiro atoms. The molecule has 28 heavy (non-hydrogen) atoms. The Hall–Kier alpha value is -2.94. The van der Waals surface area contributed by atoms with E-state index in [4.69, 9.17) is 15.2 Å². The van der Waals surface area contributed by atoms with E-state index in [1.807, 2.05) is 31.2 Å². The number of ether oxygens (including phenoxy) is 2. The lowest BCUT2D eigenvalue weighted by Gasteiger charge is -2.30. The Morgan fingerprint density at radius 2 is 2.21 bits per heavy atom. The SMILES string of the molecule is CCOC(=O)[C@H]1CCCN(Cc2nc(N)nc(Nc3cccc(OC)c3)n2)C1. The van der Waals surface area contributed by atoms with Gasteiger partial charge in [0.1, 0.15) is 11.6 Å². The van der Waals surface area contributed by atoms with Crippen LogP contribution >= 0.6 is 0 Å². The highest BCUT2D eigenvalue weighted by atomic mass is 16.5. The fourth-order valence-corrected chi connectivity index (χ4v) is 3.25. The number of methoxy groups -OCH3 is 1. The Balaban J connectivity index is 1.68. The van der Waals surface area contributed by atoms with Crippen molar-refractivity contribution in [1.82, 2.24) is 19.9 Å². The molecule has 9 heteroatoms. The molecule has 0 bridgehead atoms. The van der Waals surface area contributed by atoms with Gasteiger partial charge in [-0.3, -0.25) is 9.69 Å². The van der Waals surface area contributed by atoms with Gasteiger partial charge in [0.2, 0.25) is 11.9 Å². The van der Waals surface area contributed by atoms with E-state index in [9.17, 15) is 4.79 Å². The zero-order valence-corrected chi connectivity index (χ0v) is 16.2. The van der Waals surface area contributed by atoms with E-state index in [2.05, 4.69) is 25.2 Å². The van der Waals surface area contributed by atoms with Crippen molar-refractivity contribution in [3.63, 3.8) is 0 Å². The normalized spacial score (nSPS) is 17.1. The molecule has 2 aromatic rings. The molecule has 0 unspecified atom stereocenters. The van der Waals surface area contributed by atoms with Crippen molar-refractivity contribution in [1.29, 1.82) is 0 Å². The van der Waals surface area contributed by atoms with Gasteiger partial charge in [-0.25, -0.2) is 0 Å². The molecule has 0 aliphatic carbocycles. The summed E-state index contributed by atoms with van der Waals surface area (Å²) in [4.78, 5) is 27.0. The number of hydrogen-bond acceptors (Lipinski definition) is 9. The highest BCUT2D eigenvalue weighted by Gasteiger charge is 2.27. The lowest BCUT2D eigenvalue weighted by molar-refractivity contribution is -0.150. The van der Waals surface area contributed by atoms with Crippen LogP contribution in [-0.2, 0) is 16.1 Å². The van der Waals surface area contributed by atoms with Gasteiger partial charge in [0.15, 0.2) is 0 Å². The second kappa shape index (κ2) is 9.32. The first-order chi connectivity index (χ1) is 13.6. The van der Waals surface area contributed by atoms with Crippen molar-refractivity contribution in [2.75, 3.05) is 37.9 Å². The standard InChI is InChI=1S/C19H26N6O3/c1-3-28-17(26)13-6-5-9-25(11-13)12-16-22-18(20)24-19(23-16)21-14-7-4-8-15(10-14)27-2/h4,7-8,10,13H,3,5-6,9,11-12H2,1-2H3,(H3,20,21,22,23,24)/t13-/m0/s1. The molecule has 1 saturated heterocycles. The predicted octanol–water partition coefficient (Wildman–Crippen LogP) is 1.98. The van der Waals surface area contributed by atoms with Gasteiger partial charge >= 0.3 is 5.97 Å². The number of carbonyl (C=O) groups excluding carboxylic acids is 1. The molecule has 1 atom stereocenters. The maximum atomic E-state index is 12.0. The lowest BCUT2D eigenvalue weighted by Crippen LogP contribution is -2.39. The van der Waals surface area contributed by atoms with Crippen LogP contribution in [0.3, 0.4) is 0 Å². The molecular formula is C19H26N6O3. The molecule has 0 radical (unpaired) electrons.